The van der Waals surface area contributed by atoms with Crippen molar-refractivity contribution >= 4 is 34.8 Å². The van der Waals surface area contributed by atoms with Crippen LogP contribution in [-0.2, 0) is 4.79 Å². The fourth-order valence-corrected chi connectivity index (χ4v) is 2.91. The van der Waals surface area contributed by atoms with Crippen molar-refractivity contribution < 1.29 is 14.5 Å². The standard InChI is InChI=1S/C16H13Cl2NO4/c1-11(20)9-15(14(21)12-5-3-2-4-6-12)7-8-16(18,19(22)23)13(17)10-15/h2-8,10H,9H2,1H3. The molecule has 5 nitrogen and oxygen atoms in total. The number of hydrogen-bond donors (Lipinski definition) is 0. The Bertz CT molecular complexity index is 729. The Balaban J connectivity index is 2.54. The van der Waals surface area contributed by atoms with Gasteiger partial charge in [-0.25, -0.2) is 0 Å². The number of ketones is 2. The second-order valence-corrected chi connectivity index (χ2v) is 6.35. The number of Topliss-reactive ketones (excluding diaryl/α,β-unsaturated/α-hetero) is 2. The van der Waals surface area contributed by atoms with Crippen molar-refractivity contribution in [3.05, 3.63) is 69.3 Å². The zero-order valence-corrected chi connectivity index (χ0v) is 13.7. The summed E-state index contributed by atoms with van der Waals surface area (Å²) < 4.78 is 0. The van der Waals surface area contributed by atoms with Crippen LogP contribution in [0.25, 0.3) is 0 Å². The van der Waals surface area contributed by atoms with Crippen molar-refractivity contribution in [1.29, 1.82) is 0 Å². The van der Waals surface area contributed by atoms with Gasteiger partial charge in [0.25, 0.3) is 0 Å². The number of halogens is 2. The van der Waals surface area contributed by atoms with E-state index in [1.54, 1.807) is 30.3 Å². The molecule has 0 fully saturated rings. The summed E-state index contributed by atoms with van der Waals surface area (Å²) in [6.45, 7) is 1.34. The Kier molecular flexibility index (Phi) is 4.73. The third-order valence-electron chi connectivity index (χ3n) is 3.59. The van der Waals surface area contributed by atoms with E-state index in [0.29, 0.717) is 5.56 Å². The van der Waals surface area contributed by atoms with Gasteiger partial charge in [-0.1, -0.05) is 48.0 Å². The minimum absolute atomic E-state index is 0.155. The van der Waals surface area contributed by atoms with Crippen molar-refractivity contribution in [2.75, 3.05) is 0 Å². The Hall–Kier alpha value is -1.98. The molecule has 1 aliphatic rings. The molecule has 120 valence electrons. The quantitative estimate of drug-likeness (QED) is 0.202. The van der Waals surface area contributed by atoms with E-state index in [2.05, 4.69) is 0 Å². The number of nitro groups is 1. The Morgan fingerprint density at radius 3 is 2.30 bits per heavy atom. The maximum atomic E-state index is 12.9. The third-order valence-corrected chi connectivity index (χ3v) is 4.55. The van der Waals surface area contributed by atoms with Crippen LogP contribution in [0.3, 0.4) is 0 Å². The first-order chi connectivity index (χ1) is 10.7. The smallest absolute Gasteiger partial charge is 0.300 e. The van der Waals surface area contributed by atoms with Gasteiger partial charge in [0.15, 0.2) is 5.78 Å². The van der Waals surface area contributed by atoms with Gasteiger partial charge in [0.1, 0.15) is 10.8 Å². The SMILES string of the molecule is CC(=O)CC1(C(=O)c2ccccc2)C=CC(Cl)([N+](=O)[O-])C(Cl)=C1. The summed E-state index contributed by atoms with van der Waals surface area (Å²) >= 11 is 11.9. The summed E-state index contributed by atoms with van der Waals surface area (Å²) in [7, 11) is 0. The molecule has 0 aliphatic heterocycles. The van der Waals surface area contributed by atoms with Crippen molar-refractivity contribution in [3.63, 3.8) is 0 Å². The number of allylic oxidation sites excluding steroid dienone is 2. The summed E-state index contributed by atoms with van der Waals surface area (Å²) in [6, 6.07) is 8.35. The third kappa shape index (κ3) is 3.21. The average molecular weight is 354 g/mol. The van der Waals surface area contributed by atoms with Crippen LogP contribution in [0.1, 0.15) is 23.7 Å². The maximum Gasteiger partial charge on any atom is 0.349 e. The molecule has 0 N–H and O–H groups in total. The van der Waals surface area contributed by atoms with Crippen LogP contribution in [0.2, 0.25) is 0 Å². The summed E-state index contributed by atoms with van der Waals surface area (Å²) in [5.41, 5.74) is -0.999. The van der Waals surface area contributed by atoms with Gasteiger partial charge in [0.2, 0.25) is 0 Å². The highest BCUT2D eigenvalue weighted by Crippen LogP contribution is 2.43. The van der Waals surface area contributed by atoms with E-state index in [0.717, 1.165) is 6.08 Å². The Morgan fingerprint density at radius 2 is 1.83 bits per heavy atom. The predicted octanol–water partition coefficient (Wildman–Crippen LogP) is 3.74. The van der Waals surface area contributed by atoms with Crippen LogP contribution in [0.5, 0.6) is 0 Å². The highest BCUT2D eigenvalue weighted by Gasteiger charge is 2.49. The second-order valence-electron chi connectivity index (χ2n) is 5.37. The molecule has 0 aromatic heterocycles. The first-order valence-electron chi connectivity index (χ1n) is 6.73. The summed E-state index contributed by atoms with van der Waals surface area (Å²) in [5.74, 6) is -0.618. The van der Waals surface area contributed by atoms with E-state index in [1.165, 1.54) is 19.1 Å². The van der Waals surface area contributed by atoms with Gasteiger partial charge >= 0.3 is 5.00 Å². The van der Waals surface area contributed by atoms with Gasteiger partial charge in [-0.3, -0.25) is 19.7 Å². The van der Waals surface area contributed by atoms with E-state index in [-0.39, 0.29) is 23.0 Å². The van der Waals surface area contributed by atoms with Gasteiger partial charge in [-0.15, -0.1) is 0 Å². The molecule has 1 aromatic rings. The molecule has 2 unspecified atom stereocenters. The fourth-order valence-electron chi connectivity index (χ4n) is 2.46. The number of nitrogens with zero attached hydrogens (tertiary/aromatic N) is 1. The summed E-state index contributed by atoms with van der Waals surface area (Å²) in [5, 5.41) is 10.8. The minimum Gasteiger partial charge on any atom is -0.300 e. The fraction of sp³-hybridized carbons (Fsp3) is 0.250. The molecule has 1 aliphatic carbocycles. The molecule has 0 amide bonds. The van der Waals surface area contributed by atoms with Gasteiger partial charge in [0.05, 0.1) is 10.3 Å². The number of alkyl halides is 1. The van der Waals surface area contributed by atoms with E-state index in [4.69, 9.17) is 23.2 Å². The Labute approximate surface area is 142 Å². The number of benzene rings is 1. The number of carbonyl (C=O) groups excluding carboxylic acids is 2. The van der Waals surface area contributed by atoms with Gasteiger partial charge < -0.3 is 0 Å². The highest BCUT2D eigenvalue weighted by atomic mass is 35.5. The molecule has 1 aromatic carbocycles. The lowest BCUT2D eigenvalue weighted by molar-refractivity contribution is -0.516. The van der Waals surface area contributed by atoms with Crippen LogP contribution in [0.15, 0.2) is 53.6 Å². The molecule has 23 heavy (non-hydrogen) atoms. The lowest BCUT2D eigenvalue weighted by atomic mass is 9.73. The first kappa shape index (κ1) is 17.4. The molecule has 0 spiro atoms. The molecule has 0 bridgehead atoms. The second kappa shape index (κ2) is 6.26. The van der Waals surface area contributed by atoms with Crippen molar-refractivity contribution in [1.82, 2.24) is 0 Å². The van der Waals surface area contributed by atoms with E-state index < -0.39 is 15.3 Å². The lowest BCUT2D eigenvalue weighted by Gasteiger charge is -2.30. The van der Waals surface area contributed by atoms with E-state index in [9.17, 15) is 19.7 Å². The largest absolute Gasteiger partial charge is 0.349 e. The molecule has 0 saturated heterocycles. The van der Waals surface area contributed by atoms with Gasteiger partial charge in [0, 0.05) is 18.1 Å². The van der Waals surface area contributed by atoms with Crippen LogP contribution in [0.4, 0.5) is 0 Å². The first-order valence-corrected chi connectivity index (χ1v) is 7.49. The van der Waals surface area contributed by atoms with Crippen molar-refractivity contribution in [3.8, 4) is 0 Å². The minimum atomic E-state index is -2.11. The summed E-state index contributed by atoms with van der Waals surface area (Å²) in [4.78, 5) is 32.7. The van der Waals surface area contributed by atoms with Crippen LogP contribution in [-0.4, -0.2) is 21.5 Å². The molecule has 0 heterocycles. The molecule has 7 heteroatoms. The monoisotopic (exact) mass is 353 g/mol. The molecule has 0 radical (unpaired) electrons. The average Bonchev–Trinajstić information content (AvgIpc) is 2.50. The predicted molar refractivity (Wildman–Crippen MR) is 87.2 cm³/mol. The molecule has 0 saturated carbocycles. The topological polar surface area (TPSA) is 77.3 Å². The van der Waals surface area contributed by atoms with E-state index in [1.807, 2.05) is 0 Å². The Morgan fingerprint density at radius 1 is 1.22 bits per heavy atom. The summed E-state index contributed by atoms with van der Waals surface area (Å²) in [6.07, 6.45) is 3.41. The highest BCUT2D eigenvalue weighted by molar-refractivity contribution is 6.40. The zero-order valence-electron chi connectivity index (χ0n) is 12.2. The van der Waals surface area contributed by atoms with Gasteiger partial charge in [-0.05, 0) is 24.6 Å². The lowest BCUT2D eigenvalue weighted by Crippen LogP contribution is -2.39. The van der Waals surface area contributed by atoms with Crippen LogP contribution >= 0.6 is 23.2 Å². The van der Waals surface area contributed by atoms with E-state index >= 15 is 0 Å². The molecule has 2 rings (SSSR count). The van der Waals surface area contributed by atoms with Crippen LogP contribution < -0.4 is 0 Å². The van der Waals surface area contributed by atoms with Gasteiger partial charge in [-0.2, -0.15) is 0 Å². The zero-order chi connectivity index (χ0) is 17.3. The normalized spacial score (nSPS) is 26.5. The molecule has 2 atom stereocenters. The van der Waals surface area contributed by atoms with Crippen LogP contribution in [0, 0.1) is 15.5 Å². The number of hydrogen-bond acceptors (Lipinski definition) is 4. The van der Waals surface area contributed by atoms with Crippen molar-refractivity contribution in [2.45, 2.75) is 18.3 Å². The maximum absolute atomic E-state index is 12.9. The number of rotatable bonds is 5. The van der Waals surface area contributed by atoms with Crippen molar-refractivity contribution in [2.24, 2.45) is 5.41 Å². The molecular weight excluding hydrogens is 341 g/mol. The number of carbonyl (C=O) groups is 2. The molecular formula is C16H13Cl2NO4.